The van der Waals surface area contributed by atoms with Crippen molar-refractivity contribution in [1.82, 2.24) is 14.8 Å². The van der Waals surface area contributed by atoms with Gasteiger partial charge in [-0.05, 0) is 43.3 Å². The lowest BCUT2D eigenvalue weighted by Gasteiger charge is -2.11. The van der Waals surface area contributed by atoms with Gasteiger partial charge in [0.2, 0.25) is 5.91 Å². The molecule has 1 N–H and O–H groups in total. The number of carbonyl (C=O) groups is 1. The molecule has 3 rings (SSSR count). The predicted octanol–water partition coefficient (Wildman–Crippen LogP) is 4.27. The van der Waals surface area contributed by atoms with Gasteiger partial charge in [0.15, 0.2) is 11.0 Å². The fourth-order valence-electron chi connectivity index (χ4n) is 2.85. The second kappa shape index (κ2) is 10.5. The minimum atomic E-state index is -0.129. The molecule has 0 saturated carbocycles. The van der Waals surface area contributed by atoms with Gasteiger partial charge in [-0.2, -0.15) is 0 Å². The minimum Gasteiger partial charge on any atom is -0.496 e. The molecule has 0 radical (unpaired) electrons. The maximum Gasteiger partial charge on any atom is 0.234 e. The number of carbonyl (C=O) groups excluding carboxylic acids is 1. The number of amides is 1. The summed E-state index contributed by atoms with van der Waals surface area (Å²) in [5.41, 5.74) is 1.55. The van der Waals surface area contributed by atoms with Gasteiger partial charge in [0, 0.05) is 12.2 Å². The molecule has 8 heteroatoms. The molecule has 0 spiro atoms. The standard InChI is InChI=1S/C22H24N4O3S/c1-4-14-26-21(18-8-6-7-9-19(18)28-3)24-25-22(26)30-15-20(27)23-16-10-12-17(13-11-16)29-5-2/h4,6-13H,1,5,14-15H2,2-3H3,(H,23,27). The molecule has 1 amide bonds. The summed E-state index contributed by atoms with van der Waals surface area (Å²) in [6, 6.07) is 14.9. The number of hydrogen-bond donors (Lipinski definition) is 1. The third-order valence-corrected chi connectivity index (χ3v) is 5.12. The molecule has 7 nitrogen and oxygen atoms in total. The number of anilines is 1. The monoisotopic (exact) mass is 424 g/mol. The van der Waals surface area contributed by atoms with Gasteiger partial charge < -0.3 is 14.8 Å². The highest BCUT2D eigenvalue weighted by atomic mass is 32.2. The van der Waals surface area contributed by atoms with E-state index in [9.17, 15) is 4.79 Å². The minimum absolute atomic E-state index is 0.129. The zero-order valence-corrected chi connectivity index (χ0v) is 17.8. The third kappa shape index (κ3) is 5.21. The summed E-state index contributed by atoms with van der Waals surface area (Å²) in [6.45, 7) is 6.87. The van der Waals surface area contributed by atoms with Crippen LogP contribution < -0.4 is 14.8 Å². The van der Waals surface area contributed by atoms with Crippen LogP contribution in [-0.4, -0.2) is 40.1 Å². The van der Waals surface area contributed by atoms with Gasteiger partial charge in [-0.15, -0.1) is 16.8 Å². The molecule has 0 aliphatic heterocycles. The van der Waals surface area contributed by atoms with Crippen LogP contribution in [-0.2, 0) is 11.3 Å². The van der Waals surface area contributed by atoms with Crippen molar-refractivity contribution in [3.05, 3.63) is 61.2 Å². The Hall–Kier alpha value is -3.26. The maximum atomic E-state index is 12.4. The Morgan fingerprint density at radius 3 is 2.67 bits per heavy atom. The van der Waals surface area contributed by atoms with Gasteiger partial charge in [0.1, 0.15) is 11.5 Å². The second-order valence-electron chi connectivity index (χ2n) is 6.20. The van der Waals surface area contributed by atoms with Crippen molar-refractivity contribution in [2.45, 2.75) is 18.6 Å². The molecule has 0 aliphatic rings. The highest BCUT2D eigenvalue weighted by molar-refractivity contribution is 7.99. The predicted molar refractivity (Wildman–Crippen MR) is 119 cm³/mol. The molecule has 0 aliphatic carbocycles. The number of nitrogens with one attached hydrogen (secondary N) is 1. The number of aromatic nitrogens is 3. The summed E-state index contributed by atoms with van der Waals surface area (Å²) < 4.78 is 12.8. The van der Waals surface area contributed by atoms with Crippen molar-refractivity contribution in [1.29, 1.82) is 0 Å². The van der Waals surface area contributed by atoms with E-state index in [0.717, 1.165) is 11.3 Å². The van der Waals surface area contributed by atoms with Crippen LogP contribution in [0.5, 0.6) is 11.5 Å². The average Bonchev–Trinajstić information content (AvgIpc) is 3.16. The first-order chi connectivity index (χ1) is 14.7. The van der Waals surface area contributed by atoms with E-state index >= 15 is 0 Å². The van der Waals surface area contributed by atoms with Crippen LogP contribution in [0.3, 0.4) is 0 Å². The van der Waals surface area contributed by atoms with Crippen molar-refractivity contribution < 1.29 is 14.3 Å². The van der Waals surface area contributed by atoms with Gasteiger partial charge in [0.05, 0.1) is 25.0 Å². The molecule has 0 atom stereocenters. The van der Waals surface area contributed by atoms with Crippen LogP contribution in [0.1, 0.15) is 6.92 Å². The normalized spacial score (nSPS) is 10.5. The van der Waals surface area contributed by atoms with Crippen molar-refractivity contribution >= 4 is 23.4 Å². The molecule has 2 aromatic carbocycles. The van der Waals surface area contributed by atoms with Crippen LogP contribution in [0.15, 0.2) is 66.3 Å². The molecule has 0 bridgehead atoms. The van der Waals surface area contributed by atoms with E-state index < -0.39 is 0 Å². The van der Waals surface area contributed by atoms with Gasteiger partial charge in [0.25, 0.3) is 0 Å². The number of ether oxygens (including phenoxy) is 2. The molecule has 156 valence electrons. The van der Waals surface area contributed by atoms with E-state index in [0.29, 0.717) is 35.6 Å². The fourth-order valence-corrected chi connectivity index (χ4v) is 3.59. The molecule has 0 unspecified atom stereocenters. The third-order valence-electron chi connectivity index (χ3n) is 4.16. The summed E-state index contributed by atoms with van der Waals surface area (Å²) >= 11 is 1.32. The molecular weight excluding hydrogens is 400 g/mol. The highest BCUT2D eigenvalue weighted by Gasteiger charge is 2.17. The number of para-hydroxylation sites is 1. The van der Waals surface area contributed by atoms with E-state index in [2.05, 4.69) is 22.1 Å². The van der Waals surface area contributed by atoms with E-state index in [-0.39, 0.29) is 11.7 Å². The zero-order chi connectivity index (χ0) is 21.3. The Kier molecular flexibility index (Phi) is 7.51. The van der Waals surface area contributed by atoms with Crippen LogP contribution >= 0.6 is 11.8 Å². The Bertz CT molecular complexity index is 1000. The van der Waals surface area contributed by atoms with E-state index in [1.807, 2.05) is 60.0 Å². The smallest absolute Gasteiger partial charge is 0.234 e. The van der Waals surface area contributed by atoms with Crippen LogP contribution in [0, 0.1) is 0 Å². The SMILES string of the molecule is C=CCn1c(SCC(=O)Nc2ccc(OCC)cc2)nnc1-c1ccccc1OC. The van der Waals surface area contributed by atoms with Crippen LogP contribution in [0.2, 0.25) is 0 Å². The average molecular weight is 425 g/mol. The van der Waals surface area contributed by atoms with Crippen molar-refractivity contribution in [3.63, 3.8) is 0 Å². The summed E-state index contributed by atoms with van der Waals surface area (Å²) in [7, 11) is 1.62. The van der Waals surface area contributed by atoms with Gasteiger partial charge >= 0.3 is 0 Å². The van der Waals surface area contributed by atoms with E-state index in [1.54, 1.807) is 13.2 Å². The summed E-state index contributed by atoms with van der Waals surface area (Å²) in [5.74, 6) is 2.22. The largest absolute Gasteiger partial charge is 0.496 e. The first-order valence-corrected chi connectivity index (χ1v) is 10.5. The lowest BCUT2D eigenvalue weighted by Crippen LogP contribution is -2.14. The number of rotatable bonds is 10. The summed E-state index contributed by atoms with van der Waals surface area (Å²) in [5, 5.41) is 12.1. The number of methoxy groups -OCH3 is 1. The Morgan fingerprint density at radius 2 is 1.97 bits per heavy atom. The maximum absolute atomic E-state index is 12.4. The lowest BCUT2D eigenvalue weighted by molar-refractivity contribution is -0.113. The molecule has 0 fully saturated rings. The number of hydrogen-bond acceptors (Lipinski definition) is 6. The Labute approximate surface area is 180 Å². The number of nitrogens with zero attached hydrogens (tertiary/aromatic N) is 3. The van der Waals surface area contributed by atoms with E-state index in [1.165, 1.54) is 11.8 Å². The Morgan fingerprint density at radius 1 is 1.20 bits per heavy atom. The van der Waals surface area contributed by atoms with Crippen molar-refractivity contribution in [3.8, 4) is 22.9 Å². The van der Waals surface area contributed by atoms with Crippen LogP contribution in [0.4, 0.5) is 5.69 Å². The van der Waals surface area contributed by atoms with Crippen molar-refractivity contribution in [2.75, 3.05) is 24.8 Å². The molecule has 0 saturated heterocycles. The molecule has 30 heavy (non-hydrogen) atoms. The van der Waals surface area contributed by atoms with Crippen LogP contribution in [0.25, 0.3) is 11.4 Å². The quantitative estimate of drug-likeness (QED) is 0.387. The second-order valence-corrected chi connectivity index (χ2v) is 7.14. The fraction of sp³-hybridized carbons (Fsp3) is 0.227. The van der Waals surface area contributed by atoms with E-state index in [4.69, 9.17) is 9.47 Å². The molecule has 1 heterocycles. The number of benzene rings is 2. The topological polar surface area (TPSA) is 78.3 Å². The zero-order valence-electron chi connectivity index (χ0n) is 17.0. The molecule has 3 aromatic rings. The summed E-state index contributed by atoms with van der Waals surface area (Å²) in [6.07, 6.45) is 1.77. The first-order valence-electron chi connectivity index (χ1n) is 9.49. The lowest BCUT2D eigenvalue weighted by atomic mass is 10.2. The van der Waals surface area contributed by atoms with Gasteiger partial charge in [-0.1, -0.05) is 30.0 Å². The Balaban J connectivity index is 1.69. The van der Waals surface area contributed by atoms with Crippen molar-refractivity contribution in [2.24, 2.45) is 0 Å². The molecule has 1 aromatic heterocycles. The van der Waals surface area contributed by atoms with Gasteiger partial charge in [-0.3, -0.25) is 9.36 Å². The highest BCUT2D eigenvalue weighted by Crippen LogP contribution is 2.31. The number of thioether (sulfide) groups is 1. The summed E-state index contributed by atoms with van der Waals surface area (Å²) in [4.78, 5) is 12.4. The number of allylic oxidation sites excluding steroid dienone is 1. The van der Waals surface area contributed by atoms with Gasteiger partial charge in [-0.25, -0.2) is 0 Å². The molecular formula is C22H24N4O3S. The first kappa shape index (κ1) is 21.4.